The lowest BCUT2D eigenvalue weighted by Crippen LogP contribution is -2.09. The van der Waals surface area contributed by atoms with E-state index in [1.165, 1.54) is 16.5 Å². The van der Waals surface area contributed by atoms with Gasteiger partial charge in [0.1, 0.15) is 12.4 Å². The van der Waals surface area contributed by atoms with Gasteiger partial charge in [-0.15, -0.1) is 0 Å². The Bertz CT molecular complexity index is 862. The van der Waals surface area contributed by atoms with Gasteiger partial charge in [-0.1, -0.05) is 30.3 Å². The molecule has 3 aromatic rings. The van der Waals surface area contributed by atoms with Gasteiger partial charge in [0, 0.05) is 23.2 Å². The number of nitrogens with one attached hydrogen (secondary N) is 1. The molecule has 1 aromatic heterocycles. The van der Waals surface area contributed by atoms with Gasteiger partial charge in [0.25, 0.3) is 0 Å². The molecule has 7 nitrogen and oxygen atoms in total. The van der Waals surface area contributed by atoms with Crippen LogP contribution < -0.4 is 10.5 Å². The third-order valence-corrected chi connectivity index (χ3v) is 3.58. The van der Waals surface area contributed by atoms with Crippen LogP contribution in [0.2, 0.25) is 0 Å². The quantitative estimate of drug-likeness (QED) is 0.520. The zero-order valence-corrected chi connectivity index (χ0v) is 14.0. The van der Waals surface area contributed by atoms with Crippen LogP contribution in [0.25, 0.3) is 10.9 Å². The standard InChI is InChI=1S/C17H18N2O.C2H2O4/c18-9-8-14-11-19-17-10-15(6-7-16(14)17)20-12-13-4-2-1-3-5-13;3-1(4)2(5)6/h1-7,10-11,19H,8-9,12,18H2;(H,3,4)(H,5,6). The minimum atomic E-state index is -1.82. The van der Waals surface area contributed by atoms with E-state index >= 15 is 0 Å². The second-order valence-corrected chi connectivity index (χ2v) is 5.44. The van der Waals surface area contributed by atoms with Crippen LogP contribution >= 0.6 is 0 Å². The van der Waals surface area contributed by atoms with Crippen LogP contribution in [-0.2, 0) is 22.6 Å². The van der Waals surface area contributed by atoms with Gasteiger partial charge in [0.15, 0.2) is 0 Å². The Kier molecular flexibility index (Phi) is 6.75. The largest absolute Gasteiger partial charge is 0.489 e. The van der Waals surface area contributed by atoms with Crippen LogP contribution in [0.3, 0.4) is 0 Å². The molecule has 0 amide bonds. The molecule has 7 heteroatoms. The van der Waals surface area contributed by atoms with Crippen LogP contribution in [0.1, 0.15) is 11.1 Å². The van der Waals surface area contributed by atoms with E-state index in [4.69, 9.17) is 30.3 Å². The van der Waals surface area contributed by atoms with Gasteiger partial charge in [-0.05, 0) is 36.2 Å². The fourth-order valence-electron chi connectivity index (χ4n) is 2.36. The molecule has 1 heterocycles. The maximum absolute atomic E-state index is 9.10. The first-order chi connectivity index (χ1) is 12.5. The minimum absolute atomic E-state index is 0.586. The average molecular weight is 356 g/mol. The maximum atomic E-state index is 9.10. The lowest BCUT2D eigenvalue weighted by atomic mass is 10.1. The number of carboxylic acid groups (broad SMARTS) is 2. The maximum Gasteiger partial charge on any atom is 0.414 e. The smallest absolute Gasteiger partial charge is 0.414 e. The third kappa shape index (κ3) is 5.35. The molecule has 0 saturated heterocycles. The number of carboxylic acids is 2. The van der Waals surface area contributed by atoms with Crippen LogP contribution in [0.4, 0.5) is 0 Å². The Morgan fingerprint density at radius 1 is 1.04 bits per heavy atom. The summed E-state index contributed by atoms with van der Waals surface area (Å²) in [6.07, 6.45) is 2.92. The molecule has 0 unspecified atom stereocenters. The van der Waals surface area contributed by atoms with Crippen molar-refractivity contribution in [2.75, 3.05) is 6.54 Å². The predicted molar refractivity (Wildman–Crippen MR) is 97.1 cm³/mol. The van der Waals surface area contributed by atoms with Crippen molar-refractivity contribution < 1.29 is 24.5 Å². The molecule has 3 rings (SSSR count). The molecule has 0 bridgehead atoms. The first-order valence-electron chi connectivity index (χ1n) is 7.94. The summed E-state index contributed by atoms with van der Waals surface area (Å²) in [4.78, 5) is 21.5. The van der Waals surface area contributed by atoms with E-state index in [9.17, 15) is 0 Å². The van der Waals surface area contributed by atoms with Crippen LogP contribution in [0.5, 0.6) is 5.75 Å². The van der Waals surface area contributed by atoms with E-state index in [1.807, 2.05) is 36.5 Å². The Hall–Kier alpha value is -3.32. The SMILES string of the molecule is NCCc1c[nH]c2cc(OCc3ccccc3)ccc12.O=C(O)C(=O)O. The molecular weight excluding hydrogens is 336 g/mol. The van der Waals surface area contributed by atoms with Gasteiger partial charge in [-0.25, -0.2) is 9.59 Å². The number of nitrogens with two attached hydrogens (primary N) is 1. The number of H-pyrrole nitrogens is 1. The first kappa shape index (κ1) is 19.0. The van der Waals surface area contributed by atoms with E-state index in [2.05, 4.69) is 23.2 Å². The van der Waals surface area contributed by atoms with E-state index in [0.717, 1.165) is 17.7 Å². The summed E-state index contributed by atoms with van der Waals surface area (Å²) in [6, 6.07) is 16.3. The van der Waals surface area contributed by atoms with Crippen molar-refractivity contribution in [1.29, 1.82) is 0 Å². The zero-order chi connectivity index (χ0) is 18.9. The Labute approximate surface area is 150 Å². The van der Waals surface area contributed by atoms with Crippen LogP contribution in [0, 0.1) is 0 Å². The Balaban J connectivity index is 0.000000352. The van der Waals surface area contributed by atoms with Gasteiger partial charge in [-0.3, -0.25) is 0 Å². The summed E-state index contributed by atoms with van der Waals surface area (Å²) in [5.74, 6) is -2.77. The Morgan fingerprint density at radius 2 is 1.73 bits per heavy atom. The molecule has 26 heavy (non-hydrogen) atoms. The monoisotopic (exact) mass is 356 g/mol. The van der Waals surface area contributed by atoms with Gasteiger partial charge in [0.2, 0.25) is 0 Å². The third-order valence-electron chi connectivity index (χ3n) is 3.58. The molecule has 0 spiro atoms. The van der Waals surface area contributed by atoms with Crippen molar-refractivity contribution >= 4 is 22.8 Å². The summed E-state index contributed by atoms with van der Waals surface area (Å²) in [7, 11) is 0. The number of hydrogen-bond acceptors (Lipinski definition) is 4. The van der Waals surface area contributed by atoms with Gasteiger partial charge < -0.3 is 25.7 Å². The van der Waals surface area contributed by atoms with Crippen LogP contribution in [0.15, 0.2) is 54.7 Å². The molecule has 5 N–H and O–H groups in total. The van der Waals surface area contributed by atoms with Crippen molar-refractivity contribution in [3.05, 3.63) is 65.9 Å². The van der Waals surface area contributed by atoms with Crippen LogP contribution in [-0.4, -0.2) is 33.7 Å². The number of aliphatic carboxylic acids is 2. The van der Waals surface area contributed by atoms with Crippen molar-refractivity contribution in [3.63, 3.8) is 0 Å². The number of aromatic amines is 1. The number of hydrogen-bond donors (Lipinski definition) is 4. The predicted octanol–water partition coefficient (Wildman–Crippen LogP) is 2.40. The summed E-state index contributed by atoms with van der Waals surface area (Å²) in [5.41, 5.74) is 9.14. The lowest BCUT2D eigenvalue weighted by molar-refractivity contribution is -0.159. The number of fused-ring (bicyclic) bond motifs is 1. The minimum Gasteiger partial charge on any atom is -0.489 e. The molecule has 0 atom stereocenters. The molecule has 0 aliphatic carbocycles. The van der Waals surface area contributed by atoms with Crippen molar-refractivity contribution in [1.82, 2.24) is 4.98 Å². The normalized spacial score (nSPS) is 10.0. The second kappa shape index (κ2) is 9.24. The van der Waals surface area contributed by atoms with Crippen molar-refractivity contribution in [3.8, 4) is 5.75 Å². The van der Waals surface area contributed by atoms with E-state index in [0.29, 0.717) is 13.2 Å². The first-order valence-corrected chi connectivity index (χ1v) is 7.94. The molecule has 0 radical (unpaired) electrons. The van der Waals surface area contributed by atoms with Gasteiger partial charge in [-0.2, -0.15) is 0 Å². The number of rotatable bonds is 5. The lowest BCUT2D eigenvalue weighted by Gasteiger charge is -2.06. The molecule has 0 saturated carbocycles. The highest BCUT2D eigenvalue weighted by Gasteiger charge is 2.05. The summed E-state index contributed by atoms with van der Waals surface area (Å²) >= 11 is 0. The summed E-state index contributed by atoms with van der Waals surface area (Å²) in [6.45, 7) is 1.25. The number of benzene rings is 2. The molecule has 0 aliphatic rings. The molecular formula is C19H20N2O5. The molecule has 0 fully saturated rings. The fraction of sp³-hybridized carbons (Fsp3) is 0.158. The number of carbonyl (C=O) groups is 2. The van der Waals surface area contributed by atoms with E-state index < -0.39 is 11.9 Å². The van der Waals surface area contributed by atoms with Gasteiger partial charge in [0.05, 0.1) is 0 Å². The highest BCUT2D eigenvalue weighted by Crippen LogP contribution is 2.24. The number of aromatic nitrogens is 1. The Morgan fingerprint density at radius 3 is 2.35 bits per heavy atom. The highest BCUT2D eigenvalue weighted by atomic mass is 16.5. The second-order valence-electron chi connectivity index (χ2n) is 5.44. The summed E-state index contributed by atoms with van der Waals surface area (Å²) in [5, 5.41) is 16.0. The average Bonchev–Trinajstić information content (AvgIpc) is 3.04. The van der Waals surface area contributed by atoms with E-state index in [1.54, 1.807) is 0 Å². The van der Waals surface area contributed by atoms with Gasteiger partial charge >= 0.3 is 11.9 Å². The number of ether oxygens (including phenoxy) is 1. The molecule has 0 aliphatic heterocycles. The fourth-order valence-corrected chi connectivity index (χ4v) is 2.36. The topological polar surface area (TPSA) is 126 Å². The molecule has 136 valence electrons. The van der Waals surface area contributed by atoms with E-state index in [-0.39, 0.29) is 0 Å². The van der Waals surface area contributed by atoms with Crippen molar-refractivity contribution in [2.24, 2.45) is 5.73 Å². The van der Waals surface area contributed by atoms with Crippen molar-refractivity contribution in [2.45, 2.75) is 13.0 Å². The zero-order valence-electron chi connectivity index (χ0n) is 14.0. The highest BCUT2D eigenvalue weighted by molar-refractivity contribution is 6.27. The summed E-state index contributed by atoms with van der Waals surface area (Å²) < 4.78 is 5.82. The molecule has 2 aromatic carbocycles.